The molecule has 1 unspecified atom stereocenters. The molecule has 0 radical (unpaired) electrons. The lowest BCUT2D eigenvalue weighted by atomic mass is 9.78. The van der Waals surface area contributed by atoms with Crippen LogP contribution in [0, 0.1) is 5.41 Å². The highest BCUT2D eigenvalue weighted by Gasteiger charge is 2.33. The number of amides is 1. The number of likely N-dealkylation sites (tertiary alicyclic amines) is 1. The van der Waals surface area contributed by atoms with Crippen LogP contribution in [0.4, 0.5) is 0 Å². The van der Waals surface area contributed by atoms with E-state index < -0.39 is 0 Å². The van der Waals surface area contributed by atoms with E-state index in [1.807, 2.05) is 0 Å². The van der Waals surface area contributed by atoms with Gasteiger partial charge in [-0.2, -0.15) is 0 Å². The second-order valence-corrected chi connectivity index (χ2v) is 5.18. The number of hydrogen-bond acceptors (Lipinski definition) is 4. The first-order valence-corrected chi connectivity index (χ1v) is 6.30. The summed E-state index contributed by atoms with van der Waals surface area (Å²) < 4.78 is 5.10. The molecule has 17 heavy (non-hydrogen) atoms. The van der Waals surface area contributed by atoms with Crippen LogP contribution in [-0.4, -0.2) is 43.7 Å². The Hall–Kier alpha value is -0.650. The quantitative estimate of drug-likeness (QED) is 0.419. The second-order valence-electron chi connectivity index (χ2n) is 5.18. The van der Waals surface area contributed by atoms with Gasteiger partial charge in [0.2, 0.25) is 0 Å². The number of methoxy groups -OCH3 is 1. The van der Waals surface area contributed by atoms with Crippen molar-refractivity contribution < 1.29 is 9.53 Å². The summed E-state index contributed by atoms with van der Waals surface area (Å²) in [5.74, 6) is 5.05. The Balaban J connectivity index is 2.57. The zero-order chi connectivity index (χ0) is 12.9. The number of ether oxygens (including phenoxy) is 1. The van der Waals surface area contributed by atoms with Crippen LogP contribution in [0.2, 0.25) is 0 Å². The Labute approximate surface area is 104 Å². The highest BCUT2D eigenvalue weighted by Crippen LogP contribution is 2.34. The number of rotatable bonds is 5. The van der Waals surface area contributed by atoms with Crippen molar-refractivity contribution in [3.05, 3.63) is 0 Å². The first-order chi connectivity index (χ1) is 8.06. The van der Waals surface area contributed by atoms with Gasteiger partial charge in [-0.25, -0.2) is 5.84 Å². The maximum atomic E-state index is 11.7. The minimum Gasteiger partial charge on any atom is -0.383 e. The van der Waals surface area contributed by atoms with Gasteiger partial charge in [0.05, 0.1) is 6.61 Å². The zero-order valence-corrected chi connectivity index (χ0v) is 11.2. The van der Waals surface area contributed by atoms with Crippen LogP contribution in [-0.2, 0) is 9.53 Å². The van der Waals surface area contributed by atoms with Crippen molar-refractivity contribution in [3.8, 4) is 0 Å². The van der Waals surface area contributed by atoms with Gasteiger partial charge in [0, 0.05) is 7.11 Å². The Bertz CT molecular complexity index is 250. The Kier molecular flexibility index (Phi) is 5.36. The first kappa shape index (κ1) is 14.4. The molecule has 1 amide bonds. The molecule has 0 spiro atoms. The fraction of sp³-hybridized carbons (Fsp3) is 0.917. The summed E-state index contributed by atoms with van der Waals surface area (Å²) in [5, 5.41) is 0. The molecular formula is C12H25N3O2. The van der Waals surface area contributed by atoms with Crippen LogP contribution in [0.25, 0.3) is 0 Å². The SMILES string of the molecule is CCC1(C)CCN(C(COC)C(=O)NN)CC1. The number of nitrogens with two attached hydrogens (primary N) is 1. The maximum absolute atomic E-state index is 11.7. The minimum atomic E-state index is -0.258. The molecule has 0 saturated carbocycles. The van der Waals surface area contributed by atoms with Crippen LogP contribution < -0.4 is 11.3 Å². The summed E-state index contributed by atoms with van der Waals surface area (Å²) in [6, 6.07) is -0.258. The van der Waals surface area contributed by atoms with Crippen molar-refractivity contribution in [2.75, 3.05) is 26.8 Å². The van der Waals surface area contributed by atoms with Crippen LogP contribution in [0.15, 0.2) is 0 Å². The van der Waals surface area contributed by atoms with Gasteiger partial charge >= 0.3 is 0 Å². The van der Waals surface area contributed by atoms with Crippen molar-refractivity contribution in [3.63, 3.8) is 0 Å². The summed E-state index contributed by atoms with van der Waals surface area (Å²) in [6.07, 6.45) is 3.45. The fourth-order valence-corrected chi connectivity index (χ4v) is 2.33. The molecule has 1 atom stereocenters. The van der Waals surface area contributed by atoms with Crippen LogP contribution in [0.3, 0.4) is 0 Å². The lowest BCUT2D eigenvalue weighted by molar-refractivity contribution is -0.129. The fourth-order valence-electron chi connectivity index (χ4n) is 2.33. The van der Waals surface area contributed by atoms with Gasteiger partial charge in [-0.3, -0.25) is 15.1 Å². The average Bonchev–Trinajstić information content (AvgIpc) is 2.36. The van der Waals surface area contributed by atoms with E-state index in [1.165, 1.54) is 6.42 Å². The van der Waals surface area contributed by atoms with E-state index in [-0.39, 0.29) is 11.9 Å². The molecule has 1 fully saturated rings. The highest BCUT2D eigenvalue weighted by atomic mass is 16.5. The molecule has 0 bridgehead atoms. The van der Waals surface area contributed by atoms with E-state index in [4.69, 9.17) is 10.6 Å². The van der Waals surface area contributed by atoms with E-state index in [0.29, 0.717) is 12.0 Å². The largest absolute Gasteiger partial charge is 0.383 e. The van der Waals surface area contributed by atoms with Gasteiger partial charge in [-0.05, 0) is 31.3 Å². The van der Waals surface area contributed by atoms with Crippen molar-refractivity contribution in [1.82, 2.24) is 10.3 Å². The minimum absolute atomic E-state index is 0.160. The van der Waals surface area contributed by atoms with Crippen molar-refractivity contribution in [1.29, 1.82) is 0 Å². The van der Waals surface area contributed by atoms with Gasteiger partial charge in [0.1, 0.15) is 6.04 Å². The highest BCUT2D eigenvalue weighted by molar-refractivity contribution is 5.81. The molecule has 0 aromatic rings. The van der Waals surface area contributed by atoms with Crippen molar-refractivity contribution in [2.45, 2.75) is 39.2 Å². The first-order valence-electron chi connectivity index (χ1n) is 6.30. The lowest BCUT2D eigenvalue weighted by Gasteiger charge is -2.41. The third kappa shape index (κ3) is 3.66. The van der Waals surface area contributed by atoms with Gasteiger partial charge in [-0.15, -0.1) is 0 Å². The average molecular weight is 243 g/mol. The molecule has 1 heterocycles. The van der Waals surface area contributed by atoms with Crippen molar-refractivity contribution in [2.24, 2.45) is 11.3 Å². The number of carbonyl (C=O) groups is 1. The van der Waals surface area contributed by atoms with E-state index in [2.05, 4.69) is 24.2 Å². The third-order valence-electron chi connectivity index (χ3n) is 4.07. The van der Waals surface area contributed by atoms with Gasteiger partial charge in [0.15, 0.2) is 0 Å². The summed E-state index contributed by atoms with van der Waals surface area (Å²) in [6.45, 7) is 6.82. The maximum Gasteiger partial charge on any atom is 0.253 e. The topological polar surface area (TPSA) is 67.6 Å². The van der Waals surface area contributed by atoms with Gasteiger partial charge < -0.3 is 4.74 Å². The number of nitrogens with one attached hydrogen (secondary N) is 1. The lowest BCUT2D eigenvalue weighted by Crippen LogP contribution is -2.54. The molecule has 0 aromatic carbocycles. The van der Waals surface area contributed by atoms with Crippen LogP contribution in [0.1, 0.15) is 33.1 Å². The number of hydrazine groups is 1. The molecule has 1 aliphatic heterocycles. The van der Waals surface area contributed by atoms with Crippen LogP contribution in [0.5, 0.6) is 0 Å². The molecular weight excluding hydrogens is 218 g/mol. The smallest absolute Gasteiger partial charge is 0.253 e. The summed E-state index contributed by atoms with van der Waals surface area (Å²) in [5.41, 5.74) is 2.65. The van der Waals surface area contributed by atoms with E-state index in [9.17, 15) is 4.79 Å². The number of piperidine rings is 1. The zero-order valence-electron chi connectivity index (χ0n) is 11.2. The molecule has 0 aliphatic carbocycles. The molecule has 1 aliphatic rings. The number of nitrogens with zero attached hydrogens (tertiary/aromatic N) is 1. The van der Waals surface area contributed by atoms with E-state index >= 15 is 0 Å². The number of hydrogen-bond donors (Lipinski definition) is 2. The molecule has 3 N–H and O–H groups in total. The summed E-state index contributed by atoms with van der Waals surface area (Å²) in [7, 11) is 1.61. The Morgan fingerprint density at radius 3 is 2.53 bits per heavy atom. The predicted octanol–water partition coefficient (Wildman–Crippen LogP) is 0.503. The van der Waals surface area contributed by atoms with Crippen LogP contribution >= 0.6 is 0 Å². The molecule has 0 aromatic heterocycles. The third-order valence-corrected chi connectivity index (χ3v) is 4.07. The van der Waals surface area contributed by atoms with E-state index in [0.717, 1.165) is 25.9 Å². The van der Waals surface area contributed by atoms with E-state index in [1.54, 1.807) is 7.11 Å². The monoisotopic (exact) mass is 243 g/mol. The Morgan fingerprint density at radius 2 is 2.12 bits per heavy atom. The summed E-state index contributed by atoms with van der Waals surface area (Å²) in [4.78, 5) is 13.8. The molecule has 5 nitrogen and oxygen atoms in total. The van der Waals surface area contributed by atoms with Crippen molar-refractivity contribution >= 4 is 5.91 Å². The van der Waals surface area contributed by atoms with Gasteiger partial charge in [0.25, 0.3) is 5.91 Å². The number of carbonyl (C=O) groups excluding carboxylic acids is 1. The second kappa shape index (κ2) is 6.33. The van der Waals surface area contributed by atoms with Gasteiger partial charge in [-0.1, -0.05) is 20.3 Å². The standard InChI is InChI=1S/C12H25N3O2/c1-4-12(2)5-7-15(8-6-12)10(9-17-3)11(16)14-13/h10H,4-9,13H2,1-3H3,(H,14,16). The molecule has 100 valence electrons. The molecule has 5 heteroatoms. The normalized spacial score (nSPS) is 22.1. The molecule has 1 rings (SSSR count). The summed E-state index contributed by atoms with van der Waals surface area (Å²) >= 11 is 0. The predicted molar refractivity (Wildman–Crippen MR) is 67.2 cm³/mol. The molecule has 1 saturated heterocycles. The Morgan fingerprint density at radius 1 is 1.53 bits per heavy atom.